The van der Waals surface area contributed by atoms with Gasteiger partial charge in [0.1, 0.15) is 5.75 Å². The summed E-state index contributed by atoms with van der Waals surface area (Å²) in [6.07, 6.45) is 10.9. The molecule has 0 aliphatic heterocycles. The lowest BCUT2D eigenvalue weighted by Gasteiger charge is -2.11. The molecule has 132 valence electrons. The number of halogens is 1. The van der Waals surface area contributed by atoms with Crippen molar-refractivity contribution in [1.29, 1.82) is 0 Å². The van der Waals surface area contributed by atoms with E-state index in [1.807, 2.05) is 0 Å². The Morgan fingerprint density at radius 2 is 1.52 bits per heavy atom. The summed E-state index contributed by atoms with van der Waals surface area (Å²) in [6.45, 7) is 2.24. The van der Waals surface area contributed by atoms with Gasteiger partial charge in [0.2, 0.25) is 0 Å². The minimum atomic E-state index is -0.381. The highest BCUT2D eigenvalue weighted by Gasteiger charge is 2.15. The van der Waals surface area contributed by atoms with Crippen molar-refractivity contribution in [2.24, 2.45) is 5.73 Å². The summed E-state index contributed by atoms with van der Waals surface area (Å²) in [6, 6.07) is 6.80. The molecule has 0 radical (unpaired) electrons. The number of hydrogen-bond donors (Lipinski definition) is 1. The summed E-state index contributed by atoms with van der Waals surface area (Å²) in [5.74, 6) is 0.791. The fourth-order valence-electron chi connectivity index (χ4n) is 2.60. The minimum Gasteiger partial charge on any atom is -0.497 e. The van der Waals surface area contributed by atoms with E-state index in [9.17, 15) is 4.79 Å². The molecule has 2 N–H and O–H groups in total. The molecule has 0 aliphatic rings. The molecule has 0 amide bonds. The van der Waals surface area contributed by atoms with Crippen LogP contribution < -0.4 is 10.5 Å². The van der Waals surface area contributed by atoms with Crippen molar-refractivity contribution < 1.29 is 9.53 Å². The van der Waals surface area contributed by atoms with Gasteiger partial charge >= 0.3 is 0 Å². The molecule has 3 nitrogen and oxygen atoms in total. The Bertz CT molecular complexity index is 420. The van der Waals surface area contributed by atoms with Gasteiger partial charge in [-0.2, -0.15) is 0 Å². The molecule has 1 atom stereocenters. The molecule has 1 unspecified atom stereocenters. The Hall–Kier alpha value is -1.06. The average Bonchev–Trinajstić information content (AvgIpc) is 2.56. The number of methoxy groups -OCH3 is 1. The monoisotopic (exact) mass is 341 g/mol. The summed E-state index contributed by atoms with van der Waals surface area (Å²) in [4.78, 5) is 12.2. The highest BCUT2D eigenvalue weighted by atomic mass is 35.5. The zero-order valence-electron chi connectivity index (χ0n) is 14.6. The number of carbonyl (C=O) groups is 1. The van der Waals surface area contributed by atoms with Gasteiger partial charge in [0, 0.05) is 5.56 Å². The second kappa shape index (κ2) is 13.4. The maximum Gasteiger partial charge on any atom is 0.179 e. The largest absolute Gasteiger partial charge is 0.497 e. The van der Waals surface area contributed by atoms with Crippen LogP contribution in [0.3, 0.4) is 0 Å². The molecular weight excluding hydrogens is 310 g/mol. The van der Waals surface area contributed by atoms with Gasteiger partial charge in [-0.15, -0.1) is 12.4 Å². The summed E-state index contributed by atoms with van der Waals surface area (Å²) in [5, 5.41) is 0. The molecule has 1 aromatic rings. The van der Waals surface area contributed by atoms with Crippen LogP contribution in [0.1, 0.15) is 75.1 Å². The third-order valence-corrected chi connectivity index (χ3v) is 4.08. The van der Waals surface area contributed by atoms with Crippen LogP contribution in [-0.2, 0) is 0 Å². The zero-order valence-corrected chi connectivity index (χ0v) is 15.4. The Balaban J connectivity index is 0.00000484. The average molecular weight is 342 g/mol. The van der Waals surface area contributed by atoms with Crippen molar-refractivity contribution in [3.05, 3.63) is 29.8 Å². The van der Waals surface area contributed by atoms with Gasteiger partial charge in [-0.3, -0.25) is 4.79 Å². The molecule has 0 aliphatic carbocycles. The molecule has 1 rings (SSSR count). The van der Waals surface area contributed by atoms with Crippen LogP contribution >= 0.6 is 12.4 Å². The fourth-order valence-corrected chi connectivity index (χ4v) is 2.60. The first kappa shape index (κ1) is 21.9. The van der Waals surface area contributed by atoms with Gasteiger partial charge in [-0.25, -0.2) is 0 Å². The van der Waals surface area contributed by atoms with Gasteiger partial charge in [-0.1, -0.05) is 58.3 Å². The third-order valence-electron chi connectivity index (χ3n) is 4.08. The van der Waals surface area contributed by atoms with Crippen molar-refractivity contribution in [2.75, 3.05) is 7.11 Å². The van der Waals surface area contributed by atoms with E-state index in [0.717, 1.165) is 18.6 Å². The van der Waals surface area contributed by atoms with Gasteiger partial charge in [0.05, 0.1) is 13.2 Å². The van der Waals surface area contributed by atoms with Crippen molar-refractivity contribution in [1.82, 2.24) is 0 Å². The number of hydrogen-bond acceptors (Lipinski definition) is 3. The summed E-state index contributed by atoms with van der Waals surface area (Å²) in [5.41, 5.74) is 6.69. The maximum atomic E-state index is 12.2. The topological polar surface area (TPSA) is 52.3 Å². The lowest BCUT2D eigenvalue weighted by atomic mass is 9.99. The molecule has 23 heavy (non-hydrogen) atoms. The first-order valence-corrected chi connectivity index (χ1v) is 8.63. The van der Waals surface area contributed by atoms with Crippen molar-refractivity contribution in [3.8, 4) is 5.75 Å². The van der Waals surface area contributed by atoms with E-state index in [0.29, 0.717) is 5.56 Å². The predicted molar refractivity (Wildman–Crippen MR) is 99.8 cm³/mol. The number of ether oxygens (including phenoxy) is 1. The van der Waals surface area contributed by atoms with Crippen LogP contribution in [0.25, 0.3) is 0 Å². The van der Waals surface area contributed by atoms with E-state index in [1.54, 1.807) is 31.4 Å². The number of benzene rings is 1. The van der Waals surface area contributed by atoms with Crippen LogP contribution in [0.15, 0.2) is 24.3 Å². The number of Topliss-reactive ketones (excluding diaryl/α,β-unsaturated/α-hetero) is 1. The standard InChI is InChI=1S/C19H31NO2.ClH/c1-3-4-5-6-7-8-9-10-11-18(20)19(21)16-12-14-17(22-2)15-13-16;/h12-15,18H,3-11,20H2,1-2H3;1H. The molecule has 0 saturated carbocycles. The van der Waals surface area contributed by atoms with Crippen LogP contribution in [-0.4, -0.2) is 18.9 Å². The van der Waals surface area contributed by atoms with E-state index in [-0.39, 0.29) is 24.2 Å². The second-order valence-electron chi connectivity index (χ2n) is 5.96. The lowest BCUT2D eigenvalue weighted by molar-refractivity contribution is 0.0956. The van der Waals surface area contributed by atoms with Crippen molar-refractivity contribution >= 4 is 18.2 Å². The molecule has 0 fully saturated rings. The molecule has 0 saturated heterocycles. The predicted octanol–water partition coefficient (Wildman–Crippen LogP) is 5.16. The second-order valence-corrected chi connectivity index (χ2v) is 5.96. The van der Waals surface area contributed by atoms with Crippen LogP contribution in [0.5, 0.6) is 5.75 Å². The zero-order chi connectivity index (χ0) is 16.2. The lowest BCUT2D eigenvalue weighted by Crippen LogP contribution is -2.30. The van der Waals surface area contributed by atoms with Gasteiger partial charge in [0.25, 0.3) is 0 Å². The van der Waals surface area contributed by atoms with E-state index >= 15 is 0 Å². The number of carbonyl (C=O) groups excluding carboxylic acids is 1. The molecule has 4 heteroatoms. The van der Waals surface area contributed by atoms with E-state index in [1.165, 1.54) is 44.9 Å². The molecule has 0 aromatic heterocycles. The number of unbranched alkanes of at least 4 members (excludes halogenated alkanes) is 7. The molecule has 0 bridgehead atoms. The minimum absolute atomic E-state index is 0. The quantitative estimate of drug-likeness (QED) is 0.422. The number of rotatable bonds is 12. The summed E-state index contributed by atoms with van der Waals surface area (Å²) in [7, 11) is 1.62. The first-order valence-electron chi connectivity index (χ1n) is 8.63. The Morgan fingerprint density at radius 1 is 1.00 bits per heavy atom. The van der Waals surface area contributed by atoms with Crippen molar-refractivity contribution in [3.63, 3.8) is 0 Å². The van der Waals surface area contributed by atoms with Gasteiger partial charge in [-0.05, 0) is 30.7 Å². The highest BCUT2D eigenvalue weighted by Crippen LogP contribution is 2.15. The number of nitrogens with two attached hydrogens (primary N) is 1. The van der Waals surface area contributed by atoms with Gasteiger partial charge < -0.3 is 10.5 Å². The Kier molecular flexibility index (Phi) is 12.8. The molecular formula is C19H32ClNO2. The molecule has 1 aromatic carbocycles. The van der Waals surface area contributed by atoms with Crippen molar-refractivity contribution in [2.45, 2.75) is 70.8 Å². The maximum absolute atomic E-state index is 12.2. The van der Waals surface area contributed by atoms with Crippen LogP contribution in [0.2, 0.25) is 0 Å². The molecule has 0 heterocycles. The Labute approximate surface area is 147 Å². The van der Waals surface area contributed by atoms with E-state index in [2.05, 4.69) is 6.92 Å². The third kappa shape index (κ3) is 8.97. The first-order chi connectivity index (χ1) is 10.7. The SMILES string of the molecule is CCCCCCCCCCC(N)C(=O)c1ccc(OC)cc1.Cl. The Morgan fingerprint density at radius 3 is 2.04 bits per heavy atom. The van der Waals surface area contributed by atoms with Gasteiger partial charge in [0.15, 0.2) is 5.78 Å². The van der Waals surface area contributed by atoms with Crippen LogP contribution in [0, 0.1) is 0 Å². The van der Waals surface area contributed by atoms with E-state index < -0.39 is 0 Å². The van der Waals surface area contributed by atoms with Crippen LogP contribution in [0.4, 0.5) is 0 Å². The molecule has 0 spiro atoms. The normalized spacial score (nSPS) is 11.6. The fraction of sp³-hybridized carbons (Fsp3) is 0.632. The summed E-state index contributed by atoms with van der Waals surface area (Å²) < 4.78 is 5.09. The number of ketones is 1. The smallest absolute Gasteiger partial charge is 0.179 e. The summed E-state index contributed by atoms with van der Waals surface area (Å²) >= 11 is 0. The van der Waals surface area contributed by atoms with E-state index in [4.69, 9.17) is 10.5 Å². The highest BCUT2D eigenvalue weighted by molar-refractivity contribution is 6.00.